The van der Waals surface area contributed by atoms with E-state index in [1.165, 1.54) is 13.0 Å². The highest BCUT2D eigenvalue weighted by molar-refractivity contribution is 7.86. The Morgan fingerprint density at radius 3 is 1.76 bits per heavy atom. The van der Waals surface area contributed by atoms with Gasteiger partial charge < -0.3 is 71.4 Å². The van der Waals surface area contributed by atoms with Crippen molar-refractivity contribution in [2.24, 2.45) is 0 Å². The zero-order chi connectivity index (χ0) is 59.4. The molecule has 25 heteroatoms. The van der Waals surface area contributed by atoms with Gasteiger partial charge in [0.05, 0.1) is 36.1 Å². The molecule has 0 spiro atoms. The summed E-state index contributed by atoms with van der Waals surface area (Å²) >= 11 is 0. The van der Waals surface area contributed by atoms with Crippen LogP contribution in [0.15, 0.2) is 84.6 Å². The van der Waals surface area contributed by atoms with Crippen molar-refractivity contribution in [3.8, 4) is 0 Å². The van der Waals surface area contributed by atoms with E-state index in [4.69, 9.17) is 15.1 Å². The number of benzene rings is 2. The number of hydrogen-bond donors (Lipinski definition) is 13. The van der Waals surface area contributed by atoms with E-state index in [0.29, 0.717) is 42.1 Å². The van der Waals surface area contributed by atoms with E-state index < -0.39 is 131 Å². The molecule has 4 amide bonds. The molecule has 0 aromatic heterocycles. The molecular weight excluding hydrogens is 1070 g/mol. The number of hydrogen-bond acceptors (Lipinski definition) is 19. The fraction of sp³-hybridized carbons (Fsp3) is 0.527. The molecule has 3 aliphatic heterocycles. The number of unbranched alkanes of at least 4 members (excludes halogenated alkanes) is 2. The first-order valence-corrected chi connectivity index (χ1v) is 27.8. The number of anilines is 1. The second-order valence-corrected chi connectivity index (χ2v) is 22.9. The molecule has 1 saturated heterocycles. The molecule has 440 valence electrons. The van der Waals surface area contributed by atoms with E-state index in [9.17, 15) is 77.8 Å². The molecule has 2 aromatic rings. The minimum atomic E-state index is -4.36. The molecule has 0 bridgehead atoms. The highest BCUT2D eigenvalue weighted by Gasteiger charge is 2.45. The van der Waals surface area contributed by atoms with Crippen LogP contribution in [0, 0.1) is 0 Å². The average molecular weight is 1140 g/mol. The van der Waals surface area contributed by atoms with Crippen molar-refractivity contribution in [2.45, 2.75) is 144 Å². The topological polar surface area (TPSA) is 385 Å². The van der Waals surface area contributed by atoms with Crippen molar-refractivity contribution in [3.63, 3.8) is 0 Å². The second kappa shape index (κ2) is 28.1. The molecule has 0 radical (unpaired) electrons. The van der Waals surface area contributed by atoms with Crippen molar-refractivity contribution in [3.05, 3.63) is 107 Å². The summed E-state index contributed by atoms with van der Waals surface area (Å²) in [6.45, 7) is 7.09. The van der Waals surface area contributed by atoms with Crippen molar-refractivity contribution in [2.75, 3.05) is 44.3 Å². The fourth-order valence-corrected chi connectivity index (χ4v) is 9.95. The molecule has 24 nitrogen and oxygen atoms in total. The second-order valence-electron chi connectivity index (χ2n) is 21.1. The van der Waals surface area contributed by atoms with Crippen molar-refractivity contribution >= 4 is 56.8 Å². The molecule has 9 atom stereocenters. The predicted octanol–water partition coefficient (Wildman–Crippen LogP) is -0.421. The summed E-state index contributed by atoms with van der Waals surface area (Å²) in [5.74, 6) is -3.07. The Morgan fingerprint density at radius 1 is 0.700 bits per heavy atom. The molecule has 80 heavy (non-hydrogen) atoms. The normalized spacial score (nSPS) is 20.0. The average Bonchev–Trinajstić information content (AvgIpc) is 4.01. The zero-order valence-electron chi connectivity index (χ0n) is 45.3. The Bertz CT molecular complexity index is 2830. The summed E-state index contributed by atoms with van der Waals surface area (Å²) in [4.78, 5) is 70.0. The van der Waals surface area contributed by atoms with Gasteiger partial charge >= 0.3 is 5.97 Å². The maximum absolute atomic E-state index is 13.4. The number of nitrogens with one attached hydrogen (secondary N) is 2. The van der Waals surface area contributed by atoms with Gasteiger partial charge in [0.2, 0.25) is 5.69 Å². The first-order chi connectivity index (χ1) is 37.6. The van der Waals surface area contributed by atoms with Crippen LogP contribution in [0.3, 0.4) is 0 Å². The summed E-state index contributed by atoms with van der Waals surface area (Å²) < 4.78 is 35.9. The Labute approximate surface area is 464 Å². The lowest BCUT2D eigenvalue weighted by atomic mass is 9.80. The summed E-state index contributed by atoms with van der Waals surface area (Å²) in [6, 6.07) is 9.94. The summed E-state index contributed by atoms with van der Waals surface area (Å²) in [6.07, 6.45) is -0.0539. The summed E-state index contributed by atoms with van der Waals surface area (Å²) in [5, 5.41) is 103. The Kier molecular flexibility index (Phi) is 22.7. The number of imide groups is 1. The lowest BCUT2D eigenvalue weighted by Crippen LogP contribution is -2.49. The van der Waals surface area contributed by atoms with Crippen LogP contribution in [0.25, 0.3) is 0 Å². The third kappa shape index (κ3) is 15.7. The van der Waals surface area contributed by atoms with Crippen LogP contribution < -0.4 is 15.5 Å². The molecule has 5 rings (SSSR count). The molecule has 13 N–H and O–H groups in total. The first-order valence-electron chi connectivity index (χ1n) is 26.3. The van der Waals surface area contributed by atoms with Gasteiger partial charge in [-0.25, -0.2) is 4.79 Å². The van der Waals surface area contributed by atoms with Crippen LogP contribution in [0.4, 0.5) is 11.4 Å². The van der Waals surface area contributed by atoms with Crippen molar-refractivity contribution in [1.82, 2.24) is 15.7 Å². The van der Waals surface area contributed by atoms with E-state index in [-0.39, 0.29) is 43.4 Å². The highest BCUT2D eigenvalue weighted by atomic mass is 32.2. The number of nitrogens with zero attached hydrogens (tertiary/aromatic N) is 3. The molecule has 3 aliphatic rings. The molecule has 3 heterocycles. The SMILES string of the molecule is CC(CCN1/C(=C/C=C/C=C/C=C/C2=[N+](CCCCCC(=O)ON3C(=O)CCC3=O)c3ccc(C(=O)NC[C@H](O)[C@@H](O)[C@H](O)[C@H](O)CO)cc3C2(C)C)C(C)(C)c2cc(C(=O)NC[C@H](O)[C@@H](O)[C@H](O)[C@H](O)CO)ccc21)S(=O)(=O)O. The molecule has 1 unspecified atom stereocenters. The van der Waals surface area contributed by atoms with Crippen LogP contribution in [0.1, 0.15) is 111 Å². The minimum Gasteiger partial charge on any atom is -0.394 e. The molecule has 1 fully saturated rings. The van der Waals surface area contributed by atoms with Crippen LogP contribution in [0.5, 0.6) is 0 Å². The Balaban J connectivity index is 1.36. The minimum absolute atomic E-state index is 0.0198. The first kappa shape index (κ1) is 64.7. The number of hydroxylamine groups is 2. The third-order valence-electron chi connectivity index (χ3n) is 14.6. The Morgan fingerprint density at radius 2 is 1.21 bits per heavy atom. The monoisotopic (exact) mass is 1140 g/mol. The van der Waals surface area contributed by atoms with Crippen molar-refractivity contribution in [1.29, 1.82) is 0 Å². The van der Waals surface area contributed by atoms with Gasteiger partial charge in [-0.3, -0.25) is 23.7 Å². The lowest BCUT2D eigenvalue weighted by Gasteiger charge is -2.27. The van der Waals surface area contributed by atoms with Crippen molar-refractivity contribution < 1.29 is 97.4 Å². The van der Waals surface area contributed by atoms with Crippen LogP contribution in [0.2, 0.25) is 0 Å². The molecular formula is C55H76N5O19S+. The molecule has 2 aromatic carbocycles. The number of aliphatic hydroxyl groups is 10. The van der Waals surface area contributed by atoms with E-state index >= 15 is 0 Å². The van der Waals surface area contributed by atoms with Gasteiger partial charge in [-0.05, 0) is 82.0 Å². The fourth-order valence-electron chi connectivity index (χ4n) is 9.55. The number of aliphatic hydroxyl groups excluding tert-OH is 10. The van der Waals surface area contributed by atoms with Gasteiger partial charge in [-0.15, -0.1) is 5.06 Å². The zero-order valence-corrected chi connectivity index (χ0v) is 46.1. The van der Waals surface area contributed by atoms with Crippen LogP contribution in [-0.4, -0.2) is 202 Å². The summed E-state index contributed by atoms with van der Waals surface area (Å²) in [7, 11) is -4.36. The lowest BCUT2D eigenvalue weighted by molar-refractivity contribution is -0.438. The van der Waals surface area contributed by atoms with E-state index in [2.05, 4.69) is 15.2 Å². The number of fused-ring (bicyclic) bond motifs is 2. The number of carbonyl (C=O) groups excluding carboxylic acids is 5. The smallest absolute Gasteiger partial charge is 0.333 e. The van der Waals surface area contributed by atoms with Gasteiger partial charge in [0.1, 0.15) is 43.2 Å². The number of carbonyl (C=O) groups is 5. The van der Waals surface area contributed by atoms with Gasteiger partial charge in [-0.2, -0.15) is 13.0 Å². The molecule has 0 aliphatic carbocycles. The van der Waals surface area contributed by atoms with Crippen LogP contribution in [-0.2, 0) is 40.2 Å². The van der Waals surface area contributed by atoms with E-state index in [0.717, 1.165) is 22.7 Å². The number of allylic oxidation sites excluding steroid dienone is 8. The third-order valence-corrected chi connectivity index (χ3v) is 15.8. The quantitative estimate of drug-likeness (QED) is 0.0162. The molecule has 0 saturated carbocycles. The van der Waals surface area contributed by atoms with Gasteiger partial charge in [-0.1, -0.05) is 44.2 Å². The van der Waals surface area contributed by atoms with E-state index in [1.54, 1.807) is 54.6 Å². The van der Waals surface area contributed by atoms with Crippen LogP contribution >= 0.6 is 0 Å². The number of amides is 4. The predicted molar refractivity (Wildman–Crippen MR) is 290 cm³/mol. The largest absolute Gasteiger partial charge is 0.394 e. The van der Waals surface area contributed by atoms with Gasteiger partial charge in [0.25, 0.3) is 33.7 Å². The highest BCUT2D eigenvalue weighted by Crippen LogP contribution is 2.48. The Hall–Kier alpha value is -6.07. The maximum Gasteiger partial charge on any atom is 0.333 e. The number of rotatable bonds is 29. The summed E-state index contributed by atoms with van der Waals surface area (Å²) in [5.41, 5.74) is 3.44. The van der Waals surface area contributed by atoms with Gasteiger partial charge in [0, 0.05) is 90.9 Å². The standard InChI is InChI=1S/C55H75N5O19S/c1-32(80(76,77)78)23-25-59-38-20-18-34(53(75)57-29-40(64)49(71)51(73)42(66)31-62)27-36(38)55(4,5)44(59)15-11-8-6-7-10-14-43-54(2,3)35-26-33(52(74)56-28-39(63)48(70)50(72)41(65)30-61)17-19-37(35)58(43)24-13-9-12-16-47(69)79-60-45(67)21-22-46(60)68/h6-8,10-11,14-15,17-20,26-27,32,39-42,48-51,61-66,70-73H,9,12-13,16,21-25,28-31H2,1-5H3,(H2-,56,57,74,75,76,77,78)/p+1/t32?,39-,40-,41+,42+,48+,49+,50+,51+/m0/s1. The maximum atomic E-state index is 13.4. The van der Waals surface area contributed by atoms with Gasteiger partial charge in [0.15, 0.2) is 5.71 Å². The van der Waals surface area contributed by atoms with E-state index in [1.807, 2.05) is 50.8 Å².